The van der Waals surface area contributed by atoms with E-state index in [1.807, 2.05) is 0 Å². The lowest BCUT2D eigenvalue weighted by Crippen LogP contribution is -2.38. The molecule has 1 aromatic rings. The Balaban J connectivity index is 1.85. The lowest BCUT2D eigenvalue weighted by molar-refractivity contribution is -0.140. The van der Waals surface area contributed by atoms with Crippen molar-refractivity contribution in [3.05, 3.63) is 17.5 Å². The molecule has 0 aromatic carbocycles. The van der Waals surface area contributed by atoms with Gasteiger partial charge in [0.05, 0.1) is 5.69 Å². The summed E-state index contributed by atoms with van der Waals surface area (Å²) in [5.74, 6) is 0.105. The van der Waals surface area contributed by atoms with E-state index in [2.05, 4.69) is 10.5 Å². The quantitative estimate of drug-likeness (QED) is 0.732. The van der Waals surface area contributed by atoms with Gasteiger partial charge in [-0.05, 0) is 18.8 Å². The van der Waals surface area contributed by atoms with Crippen LogP contribution in [0.2, 0.25) is 0 Å². The number of carboxylic acids is 1. The van der Waals surface area contributed by atoms with Crippen molar-refractivity contribution in [1.82, 2.24) is 10.5 Å². The third-order valence-corrected chi connectivity index (χ3v) is 2.76. The lowest BCUT2D eigenvalue weighted by Gasteiger charge is -2.11. The molecule has 1 atom stereocenters. The highest BCUT2D eigenvalue weighted by atomic mass is 16.5. The van der Waals surface area contributed by atoms with Crippen molar-refractivity contribution in [2.45, 2.75) is 32.0 Å². The summed E-state index contributed by atoms with van der Waals surface area (Å²) in [6.45, 7) is 0.776. The molecule has 17 heavy (non-hydrogen) atoms. The van der Waals surface area contributed by atoms with Gasteiger partial charge in [-0.1, -0.05) is 5.16 Å². The Hall–Kier alpha value is -1.40. The maximum Gasteiger partial charge on any atom is 0.320 e. The number of aromatic nitrogens is 1. The summed E-state index contributed by atoms with van der Waals surface area (Å²) in [6, 6.07) is 1.29. The number of hydrogen-bond donors (Lipinski definition) is 2. The first-order valence-corrected chi connectivity index (χ1v) is 5.60. The zero-order chi connectivity index (χ0) is 12.3. The van der Waals surface area contributed by atoms with Crippen LogP contribution in [0, 0.1) is 5.92 Å². The number of nitrogens with zero attached hydrogens (tertiary/aromatic N) is 1. The first-order valence-electron chi connectivity index (χ1n) is 5.60. The van der Waals surface area contributed by atoms with Gasteiger partial charge >= 0.3 is 5.97 Å². The van der Waals surface area contributed by atoms with Crippen molar-refractivity contribution in [3.8, 4) is 0 Å². The molecule has 1 saturated carbocycles. The SMILES string of the molecule is COCc1cc(CNC(C(=O)O)C2CC2)no1. The molecule has 0 aliphatic heterocycles. The van der Waals surface area contributed by atoms with Gasteiger partial charge in [0.15, 0.2) is 5.76 Å². The minimum Gasteiger partial charge on any atom is -0.480 e. The first kappa shape index (κ1) is 12.1. The smallest absolute Gasteiger partial charge is 0.320 e. The molecule has 0 radical (unpaired) electrons. The molecule has 0 amide bonds. The summed E-state index contributed by atoms with van der Waals surface area (Å²) in [5.41, 5.74) is 0.698. The Morgan fingerprint density at radius 1 is 1.76 bits per heavy atom. The summed E-state index contributed by atoms with van der Waals surface area (Å²) in [7, 11) is 1.58. The van der Waals surface area contributed by atoms with Crippen LogP contribution in [0.1, 0.15) is 24.3 Å². The molecule has 1 unspecified atom stereocenters. The zero-order valence-corrected chi connectivity index (χ0v) is 9.68. The molecule has 2 rings (SSSR count). The molecule has 6 nitrogen and oxygen atoms in total. The Morgan fingerprint density at radius 3 is 3.12 bits per heavy atom. The van der Waals surface area contributed by atoms with E-state index in [-0.39, 0.29) is 5.92 Å². The first-order chi connectivity index (χ1) is 8.20. The molecule has 0 bridgehead atoms. The average molecular weight is 240 g/mol. The number of ether oxygens (including phenoxy) is 1. The molecule has 2 N–H and O–H groups in total. The summed E-state index contributed by atoms with van der Waals surface area (Å²) in [4.78, 5) is 11.0. The fourth-order valence-electron chi connectivity index (χ4n) is 1.75. The van der Waals surface area contributed by atoms with Crippen LogP contribution in [0.5, 0.6) is 0 Å². The van der Waals surface area contributed by atoms with Gasteiger partial charge < -0.3 is 14.4 Å². The van der Waals surface area contributed by atoms with Gasteiger partial charge in [-0.2, -0.15) is 0 Å². The van der Waals surface area contributed by atoms with Crippen LogP contribution < -0.4 is 5.32 Å². The molecule has 0 spiro atoms. The van der Waals surface area contributed by atoms with Crippen molar-refractivity contribution in [2.75, 3.05) is 7.11 Å². The highest BCUT2D eigenvalue weighted by Gasteiger charge is 2.35. The van der Waals surface area contributed by atoms with Crippen LogP contribution in [0.3, 0.4) is 0 Å². The number of nitrogens with one attached hydrogen (secondary N) is 1. The van der Waals surface area contributed by atoms with Crippen molar-refractivity contribution in [2.24, 2.45) is 5.92 Å². The van der Waals surface area contributed by atoms with E-state index in [1.54, 1.807) is 13.2 Å². The van der Waals surface area contributed by atoms with Crippen LogP contribution in [-0.4, -0.2) is 29.4 Å². The van der Waals surface area contributed by atoms with Gasteiger partial charge in [-0.25, -0.2) is 0 Å². The monoisotopic (exact) mass is 240 g/mol. The van der Waals surface area contributed by atoms with Gasteiger partial charge in [-0.15, -0.1) is 0 Å². The Labute approximate surface area is 98.9 Å². The van der Waals surface area contributed by atoms with Gasteiger partial charge in [0.1, 0.15) is 12.6 Å². The maximum atomic E-state index is 11.0. The summed E-state index contributed by atoms with van der Waals surface area (Å²) in [5, 5.41) is 15.9. The molecule has 0 saturated heterocycles. The predicted octanol–water partition coefficient (Wildman–Crippen LogP) is 0.774. The van der Waals surface area contributed by atoms with E-state index in [4.69, 9.17) is 14.4 Å². The molecule has 94 valence electrons. The molecule has 1 aliphatic carbocycles. The van der Waals surface area contributed by atoms with E-state index in [0.29, 0.717) is 24.6 Å². The van der Waals surface area contributed by atoms with Gasteiger partial charge in [0.2, 0.25) is 0 Å². The normalized spacial score (nSPS) is 17.0. The second kappa shape index (κ2) is 5.29. The summed E-state index contributed by atoms with van der Waals surface area (Å²) < 4.78 is 9.92. The molecule has 1 heterocycles. The predicted molar refractivity (Wildman–Crippen MR) is 58.2 cm³/mol. The van der Waals surface area contributed by atoms with Gasteiger partial charge in [-0.3, -0.25) is 10.1 Å². The number of hydrogen-bond acceptors (Lipinski definition) is 5. The van der Waals surface area contributed by atoms with Gasteiger partial charge in [0, 0.05) is 19.7 Å². The molecule has 1 aromatic heterocycles. The number of carbonyl (C=O) groups is 1. The minimum absolute atomic E-state index is 0.262. The molecular weight excluding hydrogens is 224 g/mol. The van der Waals surface area contributed by atoms with Gasteiger partial charge in [0.25, 0.3) is 0 Å². The van der Waals surface area contributed by atoms with Crippen LogP contribution in [0.25, 0.3) is 0 Å². The Morgan fingerprint density at radius 2 is 2.53 bits per heavy atom. The lowest BCUT2D eigenvalue weighted by atomic mass is 10.2. The standard InChI is InChI=1S/C11H16N2O4/c1-16-6-9-4-8(13-17-9)5-12-10(11(14)15)7-2-3-7/h4,7,10,12H,2-3,5-6H2,1H3,(H,14,15). The topological polar surface area (TPSA) is 84.6 Å². The fraction of sp³-hybridized carbons (Fsp3) is 0.636. The highest BCUT2D eigenvalue weighted by molar-refractivity contribution is 5.74. The van der Waals surface area contributed by atoms with Crippen molar-refractivity contribution >= 4 is 5.97 Å². The average Bonchev–Trinajstić information content (AvgIpc) is 3.01. The summed E-state index contributed by atoms with van der Waals surface area (Å²) in [6.07, 6.45) is 1.97. The van der Waals surface area contributed by atoms with E-state index in [0.717, 1.165) is 12.8 Å². The number of carboxylic acid groups (broad SMARTS) is 1. The van der Waals surface area contributed by atoms with Crippen molar-refractivity contribution in [1.29, 1.82) is 0 Å². The molecule has 1 fully saturated rings. The van der Waals surface area contributed by atoms with Crippen LogP contribution in [-0.2, 0) is 22.7 Å². The molecule has 1 aliphatic rings. The molecular formula is C11H16N2O4. The fourth-order valence-corrected chi connectivity index (χ4v) is 1.75. The molecule has 6 heteroatoms. The zero-order valence-electron chi connectivity index (χ0n) is 9.68. The Kier molecular flexibility index (Phi) is 3.75. The van der Waals surface area contributed by atoms with Crippen LogP contribution in [0.4, 0.5) is 0 Å². The highest BCUT2D eigenvalue weighted by Crippen LogP contribution is 2.32. The van der Waals surface area contributed by atoms with Crippen LogP contribution in [0.15, 0.2) is 10.6 Å². The third kappa shape index (κ3) is 3.28. The van der Waals surface area contributed by atoms with Crippen LogP contribution >= 0.6 is 0 Å². The largest absolute Gasteiger partial charge is 0.480 e. The van der Waals surface area contributed by atoms with E-state index >= 15 is 0 Å². The third-order valence-electron chi connectivity index (χ3n) is 2.76. The Bertz CT molecular complexity index is 387. The van der Waals surface area contributed by atoms with Crippen molar-refractivity contribution < 1.29 is 19.2 Å². The number of methoxy groups -OCH3 is 1. The second-order valence-electron chi connectivity index (χ2n) is 4.25. The summed E-state index contributed by atoms with van der Waals surface area (Å²) >= 11 is 0. The number of rotatable bonds is 7. The van der Waals surface area contributed by atoms with Crippen molar-refractivity contribution in [3.63, 3.8) is 0 Å². The van der Waals surface area contributed by atoms with E-state index < -0.39 is 12.0 Å². The van der Waals surface area contributed by atoms with E-state index in [9.17, 15) is 4.79 Å². The van der Waals surface area contributed by atoms with E-state index in [1.165, 1.54) is 0 Å². The number of aliphatic carboxylic acids is 1. The second-order valence-corrected chi connectivity index (χ2v) is 4.25. The maximum absolute atomic E-state index is 11.0. The minimum atomic E-state index is -0.798.